The average Bonchev–Trinajstić information content (AvgIpc) is 3.33. The fraction of sp³-hybridized carbons (Fsp3) is 0.391. The molecule has 3 heterocycles. The number of ether oxygens (including phenoxy) is 2. The number of carbonyl (C=O) groups is 2. The van der Waals surface area contributed by atoms with Crippen molar-refractivity contribution in [2.45, 2.75) is 13.0 Å². The molecule has 2 aliphatic rings. The lowest BCUT2D eigenvalue weighted by Gasteiger charge is -2.29. The summed E-state index contributed by atoms with van der Waals surface area (Å²) in [6.45, 7) is 5.74. The van der Waals surface area contributed by atoms with E-state index in [1.807, 2.05) is 0 Å². The second kappa shape index (κ2) is 9.36. The average molecular weight is 461 g/mol. The molecule has 1 aromatic heterocycles. The Bertz CT molecular complexity index is 1060. The van der Waals surface area contributed by atoms with E-state index in [0.29, 0.717) is 43.6 Å². The number of halogens is 1. The Morgan fingerprint density at radius 2 is 2.00 bits per heavy atom. The van der Waals surface area contributed by atoms with Gasteiger partial charge in [0.15, 0.2) is 0 Å². The first-order chi connectivity index (χ1) is 15.4. The number of likely N-dealkylation sites (tertiary alicyclic amines) is 1. The zero-order valence-electron chi connectivity index (χ0n) is 18.0. The molecule has 2 aliphatic heterocycles. The van der Waals surface area contributed by atoms with Crippen LogP contribution in [0.15, 0.2) is 40.3 Å². The second-order valence-corrected chi connectivity index (χ2v) is 8.29. The van der Waals surface area contributed by atoms with Crippen molar-refractivity contribution in [1.82, 2.24) is 4.90 Å². The molecule has 1 unspecified atom stereocenters. The first-order valence-electron chi connectivity index (χ1n) is 10.5. The van der Waals surface area contributed by atoms with Crippen molar-refractivity contribution in [3.8, 4) is 5.75 Å². The number of aryl methyl sites for hydroxylation is 1. The molecule has 0 saturated carbocycles. The van der Waals surface area contributed by atoms with Gasteiger partial charge >= 0.3 is 0 Å². The number of rotatable bonds is 6. The Hall–Kier alpha value is -2.81. The molecule has 2 aromatic rings. The molecule has 2 saturated heterocycles. The summed E-state index contributed by atoms with van der Waals surface area (Å²) in [5.74, 6) is -0.618. The van der Waals surface area contributed by atoms with E-state index in [1.54, 1.807) is 25.1 Å². The number of carbonyl (C=O) groups excluding carboxylic acids is 2. The fourth-order valence-corrected chi connectivity index (χ4v) is 4.41. The van der Waals surface area contributed by atoms with Gasteiger partial charge in [-0.05, 0) is 36.8 Å². The number of morpholine rings is 1. The predicted molar refractivity (Wildman–Crippen MR) is 114 cm³/mol. The maximum Gasteiger partial charge on any atom is 0.295 e. The van der Waals surface area contributed by atoms with Gasteiger partial charge in [0.05, 0.1) is 38.4 Å². The highest BCUT2D eigenvalue weighted by atomic mass is 35.5. The summed E-state index contributed by atoms with van der Waals surface area (Å²) in [5, 5.41) is 13.6. The van der Waals surface area contributed by atoms with E-state index in [4.69, 9.17) is 25.5 Å². The zero-order valence-corrected chi connectivity index (χ0v) is 18.7. The molecule has 8 nitrogen and oxygen atoms in total. The van der Waals surface area contributed by atoms with E-state index in [1.165, 1.54) is 29.0 Å². The number of amides is 1. The molecule has 9 heteroatoms. The van der Waals surface area contributed by atoms with Crippen LogP contribution in [0.25, 0.3) is 5.76 Å². The lowest BCUT2D eigenvalue weighted by Crippen LogP contribution is -3.14. The van der Waals surface area contributed by atoms with Gasteiger partial charge in [0, 0.05) is 5.57 Å². The highest BCUT2D eigenvalue weighted by Crippen LogP contribution is 2.39. The van der Waals surface area contributed by atoms with E-state index in [0.717, 1.165) is 13.1 Å². The molecule has 170 valence electrons. The fourth-order valence-electron chi connectivity index (χ4n) is 4.15. The van der Waals surface area contributed by atoms with Crippen LogP contribution in [0.4, 0.5) is 0 Å². The zero-order chi connectivity index (χ0) is 22.8. The summed E-state index contributed by atoms with van der Waals surface area (Å²) in [7, 11) is 1.47. The topological polar surface area (TPSA) is 96.5 Å². The van der Waals surface area contributed by atoms with Crippen molar-refractivity contribution in [1.29, 1.82) is 0 Å². The number of benzene rings is 1. The van der Waals surface area contributed by atoms with Crippen LogP contribution >= 0.6 is 11.6 Å². The number of hydrogen-bond donors (Lipinski definition) is 1. The highest BCUT2D eigenvalue weighted by molar-refractivity contribution is 6.46. The van der Waals surface area contributed by atoms with Gasteiger partial charge in [0.2, 0.25) is 5.78 Å². The van der Waals surface area contributed by atoms with Crippen LogP contribution in [0, 0.1) is 6.92 Å². The number of hydrogen-bond acceptors (Lipinski definition) is 6. The summed E-state index contributed by atoms with van der Waals surface area (Å²) in [5.41, 5.74) is 0.0865. The predicted octanol–water partition coefficient (Wildman–Crippen LogP) is 0.389. The third-order valence-electron chi connectivity index (χ3n) is 5.88. The van der Waals surface area contributed by atoms with Crippen molar-refractivity contribution >= 4 is 29.1 Å². The number of nitrogens with zero attached hydrogens (tertiary/aromatic N) is 1. The van der Waals surface area contributed by atoms with Crippen molar-refractivity contribution in [2.75, 3.05) is 46.5 Å². The van der Waals surface area contributed by atoms with Crippen LogP contribution in [0.2, 0.25) is 5.02 Å². The van der Waals surface area contributed by atoms with Gasteiger partial charge in [0.1, 0.15) is 36.4 Å². The number of quaternary nitrogens is 1. The van der Waals surface area contributed by atoms with Crippen LogP contribution in [-0.4, -0.2) is 63.1 Å². The minimum Gasteiger partial charge on any atom is -0.872 e. The van der Waals surface area contributed by atoms with E-state index in [9.17, 15) is 14.7 Å². The number of nitrogens with one attached hydrogen (secondary N) is 1. The van der Waals surface area contributed by atoms with E-state index in [2.05, 4.69) is 0 Å². The van der Waals surface area contributed by atoms with Gasteiger partial charge < -0.3 is 28.8 Å². The third-order valence-corrected chi connectivity index (χ3v) is 6.18. The molecule has 1 amide bonds. The van der Waals surface area contributed by atoms with Gasteiger partial charge in [-0.2, -0.15) is 0 Å². The SMILES string of the molecule is COc1ccc(C([O-])=C2C(=O)C(=O)N(CC[NH+]3CCOCC3)C2c2ccc(C)o2)cc1Cl. The van der Waals surface area contributed by atoms with Gasteiger partial charge in [-0.15, -0.1) is 0 Å². The lowest BCUT2D eigenvalue weighted by atomic mass is 9.99. The number of Topliss-reactive ketones (excluding diaryl/α,β-unsaturated/α-hetero) is 1. The second-order valence-electron chi connectivity index (χ2n) is 7.88. The maximum absolute atomic E-state index is 13.4. The Morgan fingerprint density at radius 3 is 2.62 bits per heavy atom. The van der Waals surface area contributed by atoms with Gasteiger partial charge in [0.25, 0.3) is 5.91 Å². The van der Waals surface area contributed by atoms with Crippen LogP contribution in [0.1, 0.15) is 23.1 Å². The van der Waals surface area contributed by atoms with Crippen LogP contribution in [0.5, 0.6) is 5.75 Å². The first-order valence-corrected chi connectivity index (χ1v) is 10.9. The summed E-state index contributed by atoms with van der Waals surface area (Å²) >= 11 is 6.19. The molecule has 0 bridgehead atoms. The highest BCUT2D eigenvalue weighted by Gasteiger charge is 2.46. The number of furan rings is 1. The summed E-state index contributed by atoms with van der Waals surface area (Å²) in [6, 6.07) is 7.11. The van der Waals surface area contributed by atoms with E-state index < -0.39 is 23.5 Å². The molecule has 2 fully saturated rings. The Balaban J connectivity index is 1.72. The van der Waals surface area contributed by atoms with Crippen molar-refractivity contribution in [3.05, 3.63) is 58.0 Å². The molecular weight excluding hydrogens is 436 g/mol. The van der Waals surface area contributed by atoms with E-state index >= 15 is 0 Å². The Morgan fingerprint density at radius 1 is 1.25 bits per heavy atom. The normalized spacial score (nSPS) is 21.3. The molecule has 0 radical (unpaired) electrons. The molecule has 1 aromatic carbocycles. The molecular formula is C23H25ClN2O6. The summed E-state index contributed by atoms with van der Waals surface area (Å²) in [4.78, 5) is 28.7. The summed E-state index contributed by atoms with van der Waals surface area (Å²) in [6.07, 6.45) is 0. The minimum absolute atomic E-state index is 0.123. The van der Waals surface area contributed by atoms with E-state index in [-0.39, 0.29) is 16.2 Å². The molecule has 1 N–H and O–H groups in total. The Kier molecular flexibility index (Phi) is 6.55. The first kappa shape index (κ1) is 22.4. The molecule has 1 atom stereocenters. The smallest absolute Gasteiger partial charge is 0.295 e. The number of methoxy groups -OCH3 is 1. The standard InChI is InChI=1S/C23H25ClN2O6/c1-14-3-5-18(32-14)20-19(21(27)15-4-6-17(30-2)16(24)13-15)22(28)23(29)26(20)8-7-25-9-11-31-12-10-25/h3-6,13,20,27H,7-12H2,1-2H3. The van der Waals surface area contributed by atoms with Crippen LogP contribution < -0.4 is 14.7 Å². The lowest BCUT2D eigenvalue weighted by molar-refractivity contribution is -0.907. The molecule has 32 heavy (non-hydrogen) atoms. The van der Waals surface area contributed by atoms with Gasteiger partial charge in [-0.1, -0.05) is 23.4 Å². The van der Waals surface area contributed by atoms with Crippen molar-refractivity contribution in [3.63, 3.8) is 0 Å². The van der Waals surface area contributed by atoms with Gasteiger partial charge in [-0.25, -0.2) is 0 Å². The molecule has 4 rings (SSSR count). The molecule has 0 aliphatic carbocycles. The van der Waals surface area contributed by atoms with Gasteiger partial charge in [-0.3, -0.25) is 9.59 Å². The monoisotopic (exact) mass is 460 g/mol. The number of ketones is 1. The molecule has 0 spiro atoms. The summed E-state index contributed by atoms with van der Waals surface area (Å²) < 4.78 is 16.3. The van der Waals surface area contributed by atoms with Crippen molar-refractivity contribution < 1.29 is 33.5 Å². The minimum atomic E-state index is -0.877. The Labute approximate surface area is 190 Å². The van der Waals surface area contributed by atoms with Crippen LogP contribution in [0.3, 0.4) is 0 Å². The van der Waals surface area contributed by atoms with Crippen molar-refractivity contribution in [2.24, 2.45) is 0 Å². The van der Waals surface area contributed by atoms with Crippen LogP contribution in [-0.2, 0) is 14.3 Å². The largest absolute Gasteiger partial charge is 0.872 e. The maximum atomic E-state index is 13.4. The third kappa shape index (κ3) is 4.26. The quantitative estimate of drug-likeness (QED) is 0.380.